The summed E-state index contributed by atoms with van der Waals surface area (Å²) in [5.74, 6) is 1.80. The first kappa shape index (κ1) is 14.3. The Kier molecular flexibility index (Phi) is 2.94. The van der Waals surface area contributed by atoms with Crippen LogP contribution in [-0.4, -0.2) is 23.4 Å². The maximum Gasteiger partial charge on any atom is 0.235 e. The number of hydrogen-bond acceptors (Lipinski definition) is 3. The van der Waals surface area contributed by atoms with E-state index >= 15 is 0 Å². The standard InChI is InChI=1S/C20H22N2O2/c1-2-11-5-3-4-6-16(11)21-10-22-19(23)17-12-7-8-13(15-9-14(12)15)18(17)20(22)24/h3-8,12-15,17-18,21H,2,9-10H2,1H3/t12-,13-,14-,15+,17+,18+/m0/s1. The molecule has 1 saturated heterocycles. The van der Waals surface area contributed by atoms with Crippen LogP contribution < -0.4 is 5.32 Å². The molecule has 2 saturated carbocycles. The summed E-state index contributed by atoms with van der Waals surface area (Å²) in [5.41, 5.74) is 2.22. The SMILES string of the molecule is CCc1ccccc1NCN1C(=O)[C@@H]2[C@H]3C=C[C@@H]([C@@H]4C[C@H]34)[C@H]2C1=O. The largest absolute Gasteiger partial charge is 0.367 e. The number of benzene rings is 1. The Balaban J connectivity index is 1.37. The zero-order valence-electron chi connectivity index (χ0n) is 13.8. The van der Waals surface area contributed by atoms with Crippen LogP contribution in [0.15, 0.2) is 36.4 Å². The second-order valence-corrected chi connectivity index (χ2v) is 7.60. The fraction of sp³-hybridized carbons (Fsp3) is 0.500. The summed E-state index contributed by atoms with van der Waals surface area (Å²) in [4.78, 5) is 27.3. The maximum atomic E-state index is 12.9. The molecule has 1 aromatic carbocycles. The van der Waals surface area contributed by atoms with Crippen molar-refractivity contribution in [2.24, 2.45) is 35.5 Å². The highest BCUT2D eigenvalue weighted by Gasteiger charge is 2.66. The lowest BCUT2D eigenvalue weighted by atomic mass is 9.63. The quantitative estimate of drug-likeness (QED) is 0.685. The van der Waals surface area contributed by atoms with Crippen molar-refractivity contribution in [3.8, 4) is 0 Å². The first-order valence-corrected chi connectivity index (χ1v) is 9.06. The molecule has 2 amide bonds. The second-order valence-electron chi connectivity index (χ2n) is 7.60. The molecule has 1 heterocycles. The van der Waals surface area contributed by atoms with Gasteiger partial charge in [0.2, 0.25) is 11.8 Å². The molecule has 24 heavy (non-hydrogen) atoms. The van der Waals surface area contributed by atoms with Gasteiger partial charge in [0, 0.05) is 5.69 Å². The Bertz CT molecular complexity index is 720. The lowest BCUT2D eigenvalue weighted by Crippen LogP contribution is -2.40. The molecule has 5 aliphatic rings. The monoisotopic (exact) mass is 322 g/mol. The molecule has 124 valence electrons. The summed E-state index contributed by atoms with van der Waals surface area (Å²) in [6.07, 6.45) is 6.56. The number of nitrogens with zero attached hydrogens (tertiary/aromatic N) is 1. The van der Waals surface area contributed by atoms with Crippen LogP contribution in [0.3, 0.4) is 0 Å². The average molecular weight is 322 g/mol. The minimum Gasteiger partial charge on any atom is -0.367 e. The molecule has 4 heteroatoms. The van der Waals surface area contributed by atoms with Crippen LogP contribution in [-0.2, 0) is 16.0 Å². The Morgan fingerprint density at radius 2 is 1.67 bits per heavy atom. The van der Waals surface area contributed by atoms with Gasteiger partial charge >= 0.3 is 0 Å². The number of nitrogens with one attached hydrogen (secondary N) is 1. The van der Waals surface area contributed by atoms with Crippen molar-refractivity contribution in [1.82, 2.24) is 4.90 Å². The summed E-state index contributed by atoms with van der Waals surface area (Å²) in [6.45, 7) is 2.40. The van der Waals surface area contributed by atoms with E-state index in [9.17, 15) is 9.59 Å². The van der Waals surface area contributed by atoms with Crippen molar-refractivity contribution >= 4 is 17.5 Å². The van der Waals surface area contributed by atoms with Crippen molar-refractivity contribution in [3.05, 3.63) is 42.0 Å². The normalized spacial score (nSPS) is 38.3. The van der Waals surface area contributed by atoms with E-state index < -0.39 is 0 Å². The van der Waals surface area contributed by atoms with Gasteiger partial charge in [-0.25, -0.2) is 0 Å². The highest BCUT2D eigenvalue weighted by atomic mass is 16.2. The van der Waals surface area contributed by atoms with Gasteiger partial charge in [-0.15, -0.1) is 0 Å². The molecule has 1 aliphatic heterocycles. The zero-order chi connectivity index (χ0) is 16.4. The van der Waals surface area contributed by atoms with E-state index in [-0.39, 0.29) is 30.3 Å². The fourth-order valence-electron chi connectivity index (χ4n) is 5.34. The number of para-hydroxylation sites is 1. The molecule has 1 N–H and O–H groups in total. The fourth-order valence-corrected chi connectivity index (χ4v) is 5.34. The van der Waals surface area contributed by atoms with Crippen LogP contribution in [0.2, 0.25) is 0 Å². The lowest BCUT2D eigenvalue weighted by molar-refractivity contribution is -0.139. The third-order valence-electron chi connectivity index (χ3n) is 6.58. The smallest absolute Gasteiger partial charge is 0.235 e. The molecule has 4 aliphatic carbocycles. The van der Waals surface area contributed by atoms with E-state index in [1.807, 2.05) is 18.2 Å². The minimum atomic E-state index is -0.0977. The number of allylic oxidation sites excluding steroid dienone is 2. The lowest BCUT2D eigenvalue weighted by Gasteiger charge is -2.37. The topological polar surface area (TPSA) is 49.4 Å². The van der Waals surface area contributed by atoms with Crippen molar-refractivity contribution in [1.29, 1.82) is 0 Å². The molecular weight excluding hydrogens is 300 g/mol. The molecule has 6 rings (SSSR count). The number of carbonyl (C=O) groups is 2. The number of likely N-dealkylation sites (tertiary alicyclic amines) is 1. The summed E-state index contributed by atoms with van der Waals surface area (Å²) in [7, 11) is 0. The van der Waals surface area contributed by atoms with E-state index in [1.165, 1.54) is 16.9 Å². The molecule has 3 fully saturated rings. The van der Waals surface area contributed by atoms with Gasteiger partial charge in [0.1, 0.15) is 0 Å². The Morgan fingerprint density at radius 1 is 1.04 bits per heavy atom. The van der Waals surface area contributed by atoms with E-state index in [0.717, 1.165) is 12.1 Å². The second kappa shape index (κ2) is 4.95. The van der Waals surface area contributed by atoms with E-state index in [4.69, 9.17) is 0 Å². The van der Waals surface area contributed by atoms with Crippen molar-refractivity contribution < 1.29 is 9.59 Å². The first-order chi connectivity index (χ1) is 11.7. The van der Waals surface area contributed by atoms with E-state index in [0.29, 0.717) is 23.7 Å². The molecular formula is C20H22N2O2. The third kappa shape index (κ3) is 1.80. The maximum absolute atomic E-state index is 12.9. The molecule has 6 atom stereocenters. The van der Waals surface area contributed by atoms with Gasteiger partial charge in [0.05, 0.1) is 18.5 Å². The Hall–Kier alpha value is -2.10. The molecule has 2 bridgehead atoms. The van der Waals surface area contributed by atoms with E-state index in [2.05, 4.69) is 30.5 Å². The van der Waals surface area contributed by atoms with Gasteiger partial charge in [-0.05, 0) is 48.1 Å². The van der Waals surface area contributed by atoms with Crippen LogP contribution in [0.5, 0.6) is 0 Å². The molecule has 0 unspecified atom stereocenters. The summed E-state index contributed by atoms with van der Waals surface area (Å²) < 4.78 is 0. The van der Waals surface area contributed by atoms with Crippen LogP contribution in [0.25, 0.3) is 0 Å². The minimum absolute atomic E-state index is 0.0381. The highest BCUT2D eigenvalue weighted by Crippen LogP contribution is 2.65. The number of hydrogen-bond donors (Lipinski definition) is 1. The van der Waals surface area contributed by atoms with Gasteiger partial charge in [0.15, 0.2) is 0 Å². The van der Waals surface area contributed by atoms with Crippen LogP contribution in [0.1, 0.15) is 18.9 Å². The number of rotatable bonds is 4. The molecule has 1 aromatic rings. The number of imide groups is 1. The molecule has 0 spiro atoms. The van der Waals surface area contributed by atoms with Crippen LogP contribution in [0, 0.1) is 35.5 Å². The number of amides is 2. The van der Waals surface area contributed by atoms with Crippen LogP contribution >= 0.6 is 0 Å². The van der Waals surface area contributed by atoms with Gasteiger partial charge in [-0.2, -0.15) is 0 Å². The molecule has 0 radical (unpaired) electrons. The van der Waals surface area contributed by atoms with Crippen molar-refractivity contribution in [2.45, 2.75) is 19.8 Å². The van der Waals surface area contributed by atoms with E-state index in [1.54, 1.807) is 0 Å². The number of aryl methyl sites for hydroxylation is 1. The van der Waals surface area contributed by atoms with Gasteiger partial charge in [-0.1, -0.05) is 37.3 Å². The highest BCUT2D eigenvalue weighted by molar-refractivity contribution is 6.06. The number of carbonyl (C=O) groups excluding carboxylic acids is 2. The number of anilines is 1. The first-order valence-electron chi connectivity index (χ1n) is 9.06. The Morgan fingerprint density at radius 3 is 2.29 bits per heavy atom. The summed E-state index contributed by atoms with van der Waals surface area (Å²) in [5, 5.41) is 3.31. The van der Waals surface area contributed by atoms with Gasteiger partial charge < -0.3 is 5.32 Å². The van der Waals surface area contributed by atoms with Gasteiger partial charge in [0.25, 0.3) is 0 Å². The zero-order valence-corrected chi connectivity index (χ0v) is 13.8. The van der Waals surface area contributed by atoms with Crippen LogP contribution in [0.4, 0.5) is 5.69 Å². The predicted molar refractivity (Wildman–Crippen MR) is 90.9 cm³/mol. The summed E-state index contributed by atoms with van der Waals surface area (Å²) >= 11 is 0. The van der Waals surface area contributed by atoms with Crippen molar-refractivity contribution in [3.63, 3.8) is 0 Å². The van der Waals surface area contributed by atoms with Gasteiger partial charge in [-0.3, -0.25) is 14.5 Å². The molecule has 0 aromatic heterocycles. The summed E-state index contributed by atoms with van der Waals surface area (Å²) in [6, 6.07) is 8.08. The predicted octanol–water partition coefficient (Wildman–Crippen LogP) is 2.67. The van der Waals surface area contributed by atoms with Crippen molar-refractivity contribution in [2.75, 3.05) is 12.0 Å². The third-order valence-corrected chi connectivity index (χ3v) is 6.58. The molecule has 4 nitrogen and oxygen atoms in total. The average Bonchev–Trinajstić information content (AvgIpc) is 3.39. The Labute approximate surface area is 141 Å².